The third kappa shape index (κ3) is 2.52. The Morgan fingerprint density at radius 1 is 1.40 bits per heavy atom. The number of ether oxygens (including phenoxy) is 1. The summed E-state index contributed by atoms with van der Waals surface area (Å²) in [5.41, 5.74) is 1.56. The van der Waals surface area contributed by atoms with Gasteiger partial charge >= 0.3 is 0 Å². The van der Waals surface area contributed by atoms with Crippen LogP contribution in [-0.4, -0.2) is 34.2 Å². The molecule has 1 saturated carbocycles. The van der Waals surface area contributed by atoms with E-state index in [0.29, 0.717) is 18.3 Å². The molecule has 5 nitrogen and oxygen atoms in total. The van der Waals surface area contributed by atoms with Crippen molar-refractivity contribution in [3.05, 3.63) is 47.8 Å². The monoisotopic (exact) mass is 271 g/mol. The zero-order valence-corrected chi connectivity index (χ0v) is 11.4. The summed E-state index contributed by atoms with van der Waals surface area (Å²) < 4.78 is 5.36. The van der Waals surface area contributed by atoms with Gasteiger partial charge in [0.1, 0.15) is 11.4 Å². The standard InChI is InChI=1S/C15H17N3O2/c1-20-14-5-3-2-4-11(14)10-18(12-6-7-12)15(19)13-8-9-16-17-13/h2-5,8-9,12H,6-7,10H2,1H3,(H,16,17). The van der Waals surface area contributed by atoms with E-state index in [0.717, 1.165) is 24.2 Å². The molecule has 0 radical (unpaired) electrons. The Kier molecular flexibility index (Phi) is 3.41. The number of nitrogens with zero attached hydrogens (tertiary/aromatic N) is 2. The van der Waals surface area contributed by atoms with Crippen LogP contribution in [0.4, 0.5) is 0 Å². The number of nitrogens with one attached hydrogen (secondary N) is 1. The van der Waals surface area contributed by atoms with Crippen LogP contribution in [0, 0.1) is 0 Å². The molecule has 1 aromatic heterocycles. The number of H-pyrrole nitrogens is 1. The second kappa shape index (κ2) is 5.36. The highest BCUT2D eigenvalue weighted by atomic mass is 16.5. The Labute approximate surface area is 117 Å². The lowest BCUT2D eigenvalue weighted by atomic mass is 10.1. The van der Waals surface area contributed by atoms with Crippen molar-refractivity contribution in [2.24, 2.45) is 0 Å². The molecule has 0 spiro atoms. The summed E-state index contributed by atoms with van der Waals surface area (Å²) in [4.78, 5) is 14.4. The first-order valence-corrected chi connectivity index (χ1v) is 6.72. The topological polar surface area (TPSA) is 58.2 Å². The van der Waals surface area contributed by atoms with Crippen LogP contribution in [0.3, 0.4) is 0 Å². The quantitative estimate of drug-likeness (QED) is 0.907. The third-order valence-corrected chi connectivity index (χ3v) is 3.51. The Bertz CT molecular complexity index is 591. The number of hydrogen-bond acceptors (Lipinski definition) is 3. The van der Waals surface area contributed by atoms with Gasteiger partial charge in [-0.15, -0.1) is 0 Å². The number of aromatic amines is 1. The van der Waals surface area contributed by atoms with Crippen molar-refractivity contribution in [2.75, 3.05) is 7.11 Å². The zero-order valence-electron chi connectivity index (χ0n) is 11.4. The lowest BCUT2D eigenvalue weighted by Gasteiger charge is -2.22. The molecule has 2 aromatic rings. The van der Waals surface area contributed by atoms with Crippen molar-refractivity contribution < 1.29 is 9.53 Å². The summed E-state index contributed by atoms with van der Waals surface area (Å²) in [6, 6.07) is 9.84. The molecule has 1 aromatic carbocycles. The minimum absolute atomic E-state index is 0.00379. The van der Waals surface area contributed by atoms with E-state index in [1.165, 1.54) is 0 Å². The summed E-state index contributed by atoms with van der Waals surface area (Å²) >= 11 is 0. The molecule has 0 bridgehead atoms. The number of aromatic nitrogens is 2. The molecular formula is C15H17N3O2. The minimum atomic E-state index is -0.00379. The van der Waals surface area contributed by atoms with Crippen LogP contribution in [0.2, 0.25) is 0 Å². The first-order valence-electron chi connectivity index (χ1n) is 6.72. The van der Waals surface area contributed by atoms with Gasteiger partial charge in [-0.3, -0.25) is 9.89 Å². The summed E-state index contributed by atoms with van der Waals surface area (Å²) in [7, 11) is 1.65. The second-order valence-corrected chi connectivity index (χ2v) is 4.95. The van der Waals surface area contributed by atoms with E-state index in [2.05, 4.69) is 10.2 Å². The number of hydrogen-bond donors (Lipinski definition) is 1. The fraction of sp³-hybridized carbons (Fsp3) is 0.333. The number of carbonyl (C=O) groups excluding carboxylic acids is 1. The van der Waals surface area contributed by atoms with Gasteiger partial charge in [0.15, 0.2) is 0 Å². The van der Waals surface area contributed by atoms with Gasteiger partial charge < -0.3 is 9.64 Å². The fourth-order valence-corrected chi connectivity index (χ4v) is 2.30. The maximum absolute atomic E-state index is 12.5. The van der Waals surface area contributed by atoms with Gasteiger partial charge in [-0.05, 0) is 25.0 Å². The van der Waals surface area contributed by atoms with E-state index >= 15 is 0 Å². The van der Waals surface area contributed by atoms with E-state index in [1.54, 1.807) is 19.4 Å². The van der Waals surface area contributed by atoms with E-state index in [-0.39, 0.29) is 5.91 Å². The van der Waals surface area contributed by atoms with Crippen molar-refractivity contribution in [3.63, 3.8) is 0 Å². The second-order valence-electron chi connectivity index (χ2n) is 4.95. The first kappa shape index (κ1) is 12.7. The molecule has 0 aliphatic heterocycles. The van der Waals surface area contributed by atoms with Gasteiger partial charge in [0.25, 0.3) is 5.91 Å². The average Bonchev–Trinajstić information content (AvgIpc) is 3.17. The van der Waals surface area contributed by atoms with E-state index in [9.17, 15) is 4.79 Å². The van der Waals surface area contributed by atoms with Crippen LogP contribution in [-0.2, 0) is 6.54 Å². The molecule has 1 N–H and O–H groups in total. The predicted molar refractivity (Wildman–Crippen MR) is 74.5 cm³/mol. The van der Waals surface area contributed by atoms with Crippen molar-refractivity contribution in [1.29, 1.82) is 0 Å². The van der Waals surface area contributed by atoms with Crippen molar-refractivity contribution in [2.45, 2.75) is 25.4 Å². The summed E-state index contributed by atoms with van der Waals surface area (Å²) in [5.74, 6) is 0.812. The molecule has 0 atom stereocenters. The number of amides is 1. The van der Waals surface area contributed by atoms with Crippen LogP contribution in [0.15, 0.2) is 36.5 Å². The minimum Gasteiger partial charge on any atom is -0.496 e. The van der Waals surface area contributed by atoms with Crippen molar-refractivity contribution >= 4 is 5.91 Å². The van der Waals surface area contributed by atoms with Crippen molar-refractivity contribution in [1.82, 2.24) is 15.1 Å². The molecular weight excluding hydrogens is 254 g/mol. The highest BCUT2D eigenvalue weighted by Gasteiger charge is 2.34. The predicted octanol–water partition coefficient (Wildman–Crippen LogP) is 2.22. The maximum Gasteiger partial charge on any atom is 0.272 e. The third-order valence-electron chi connectivity index (χ3n) is 3.51. The number of benzene rings is 1. The lowest BCUT2D eigenvalue weighted by molar-refractivity contribution is 0.0722. The number of rotatable bonds is 5. The molecule has 1 heterocycles. The molecule has 1 aliphatic rings. The van der Waals surface area contributed by atoms with Gasteiger partial charge in [-0.1, -0.05) is 18.2 Å². The molecule has 0 saturated heterocycles. The molecule has 0 unspecified atom stereocenters. The molecule has 1 fully saturated rings. The van der Waals surface area contributed by atoms with E-state index in [1.807, 2.05) is 29.2 Å². The van der Waals surface area contributed by atoms with Gasteiger partial charge in [0.05, 0.1) is 7.11 Å². The van der Waals surface area contributed by atoms with Crippen molar-refractivity contribution in [3.8, 4) is 5.75 Å². The molecule has 3 rings (SSSR count). The molecule has 1 amide bonds. The summed E-state index contributed by atoms with van der Waals surface area (Å²) in [6.45, 7) is 0.562. The molecule has 5 heteroatoms. The molecule has 1 aliphatic carbocycles. The zero-order chi connectivity index (χ0) is 13.9. The smallest absolute Gasteiger partial charge is 0.272 e. The highest BCUT2D eigenvalue weighted by Crippen LogP contribution is 2.31. The fourth-order valence-electron chi connectivity index (χ4n) is 2.30. The Hall–Kier alpha value is -2.30. The van der Waals surface area contributed by atoms with Crippen LogP contribution in [0.25, 0.3) is 0 Å². The number of carbonyl (C=O) groups is 1. The Morgan fingerprint density at radius 2 is 2.20 bits per heavy atom. The number of methoxy groups -OCH3 is 1. The SMILES string of the molecule is COc1ccccc1CN(C(=O)c1ccn[nH]1)C1CC1. The van der Waals surface area contributed by atoms with Gasteiger partial charge in [0.2, 0.25) is 0 Å². The normalized spacial score (nSPS) is 14.1. The number of para-hydroxylation sites is 1. The Balaban J connectivity index is 1.83. The van der Waals surface area contributed by atoms with E-state index in [4.69, 9.17) is 4.74 Å². The summed E-state index contributed by atoms with van der Waals surface area (Å²) in [6.07, 6.45) is 3.73. The highest BCUT2D eigenvalue weighted by molar-refractivity contribution is 5.92. The maximum atomic E-state index is 12.5. The van der Waals surface area contributed by atoms with Crippen LogP contribution in [0.1, 0.15) is 28.9 Å². The lowest BCUT2D eigenvalue weighted by Crippen LogP contribution is -2.33. The van der Waals surface area contributed by atoms with Crippen LogP contribution < -0.4 is 4.74 Å². The first-order chi connectivity index (χ1) is 9.79. The molecule has 20 heavy (non-hydrogen) atoms. The molecule has 104 valence electrons. The van der Waals surface area contributed by atoms with Gasteiger partial charge in [-0.2, -0.15) is 5.10 Å². The van der Waals surface area contributed by atoms with Gasteiger partial charge in [0, 0.05) is 24.3 Å². The van der Waals surface area contributed by atoms with Crippen LogP contribution >= 0.6 is 0 Å². The Morgan fingerprint density at radius 3 is 2.85 bits per heavy atom. The largest absolute Gasteiger partial charge is 0.496 e. The van der Waals surface area contributed by atoms with E-state index < -0.39 is 0 Å². The van der Waals surface area contributed by atoms with Gasteiger partial charge in [-0.25, -0.2) is 0 Å². The average molecular weight is 271 g/mol. The summed E-state index contributed by atoms with van der Waals surface area (Å²) in [5, 5.41) is 6.59. The van der Waals surface area contributed by atoms with Crippen LogP contribution in [0.5, 0.6) is 5.75 Å².